The number of aromatic nitrogens is 2. The van der Waals surface area contributed by atoms with Crippen LogP contribution < -0.4 is 10.1 Å². The molecule has 2 heterocycles. The first-order valence-corrected chi connectivity index (χ1v) is 5.75. The number of benzene rings is 1. The lowest BCUT2D eigenvalue weighted by Gasteiger charge is -2.39. The van der Waals surface area contributed by atoms with E-state index >= 15 is 0 Å². The molecule has 88 valence electrons. The summed E-state index contributed by atoms with van der Waals surface area (Å²) in [5.41, 5.74) is 0.993. The molecule has 17 heavy (non-hydrogen) atoms. The van der Waals surface area contributed by atoms with Crippen LogP contribution in [0.1, 0.15) is 6.92 Å². The highest BCUT2D eigenvalue weighted by atomic mass is 16.5. The van der Waals surface area contributed by atoms with Crippen LogP contribution >= 0.6 is 0 Å². The third-order valence-electron chi connectivity index (χ3n) is 2.97. The second-order valence-corrected chi connectivity index (χ2v) is 4.60. The highest BCUT2D eigenvalue weighted by Crippen LogP contribution is 2.22. The quantitative estimate of drug-likeness (QED) is 0.869. The van der Waals surface area contributed by atoms with E-state index in [1.54, 1.807) is 6.20 Å². The maximum atomic E-state index is 5.92. The Morgan fingerprint density at radius 3 is 2.59 bits per heavy atom. The van der Waals surface area contributed by atoms with Crippen molar-refractivity contribution in [3.8, 4) is 11.4 Å². The predicted octanol–water partition coefficient (Wildman–Crippen LogP) is 1.61. The Hall–Kier alpha value is -1.81. The molecule has 0 spiro atoms. The van der Waals surface area contributed by atoms with Gasteiger partial charge in [-0.1, -0.05) is 0 Å². The Morgan fingerprint density at radius 1 is 1.29 bits per heavy atom. The summed E-state index contributed by atoms with van der Waals surface area (Å²) < 4.78 is 7.75. The van der Waals surface area contributed by atoms with E-state index < -0.39 is 0 Å². The summed E-state index contributed by atoms with van der Waals surface area (Å²) in [5, 5.41) is 7.40. The summed E-state index contributed by atoms with van der Waals surface area (Å²) in [5.74, 6) is 0.907. The van der Waals surface area contributed by atoms with Gasteiger partial charge >= 0.3 is 0 Å². The molecule has 0 unspecified atom stereocenters. The molecule has 3 rings (SSSR count). The van der Waals surface area contributed by atoms with Crippen molar-refractivity contribution in [2.75, 3.05) is 13.1 Å². The minimum atomic E-state index is -0.0484. The van der Waals surface area contributed by atoms with Gasteiger partial charge in [0.2, 0.25) is 0 Å². The number of ether oxygens (including phenoxy) is 1. The molecule has 1 aromatic carbocycles. The van der Waals surface area contributed by atoms with Gasteiger partial charge in [0.15, 0.2) is 0 Å². The molecule has 4 heteroatoms. The second-order valence-electron chi connectivity index (χ2n) is 4.60. The summed E-state index contributed by atoms with van der Waals surface area (Å²) in [6.07, 6.45) is 3.69. The fraction of sp³-hybridized carbons (Fsp3) is 0.308. The molecule has 1 aromatic heterocycles. The molecule has 0 atom stereocenters. The molecule has 0 radical (unpaired) electrons. The van der Waals surface area contributed by atoms with Gasteiger partial charge in [-0.25, -0.2) is 4.68 Å². The van der Waals surface area contributed by atoms with Crippen LogP contribution in [0, 0.1) is 0 Å². The SMILES string of the molecule is CC1(Oc2ccc(-n3cccn3)cc2)CNC1. The van der Waals surface area contributed by atoms with Gasteiger partial charge in [-0.3, -0.25) is 0 Å². The largest absolute Gasteiger partial charge is 0.485 e. The normalized spacial score (nSPS) is 17.5. The number of nitrogens with one attached hydrogen (secondary N) is 1. The first-order chi connectivity index (χ1) is 8.25. The van der Waals surface area contributed by atoms with Gasteiger partial charge in [0.05, 0.1) is 5.69 Å². The minimum absolute atomic E-state index is 0.0484. The van der Waals surface area contributed by atoms with Gasteiger partial charge in [0.25, 0.3) is 0 Å². The lowest BCUT2D eigenvalue weighted by molar-refractivity contribution is 0.0349. The van der Waals surface area contributed by atoms with E-state index in [4.69, 9.17) is 4.74 Å². The van der Waals surface area contributed by atoms with E-state index in [1.165, 1.54) is 0 Å². The topological polar surface area (TPSA) is 39.1 Å². The van der Waals surface area contributed by atoms with Crippen molar-refractivity contribution in [3.05, 3.63) is 42.7 Å². The number of rotatable bonds is 3. The van der Waals surface area contributed by atoms with Crippen LogP contribution in [-0.4, -0.2) is 28.5 Å². The van der Waals surface area contributed by atoms with Crippen molar-refractivity contribution >= 4 is 0 Å². The zero-order valence-electron chi connectivity index (χ0n) is 9.76. The average Bonchev–Trinajstić information content (AvgIpc) is 2.81. The fourth-order valence-corrected chi connectivity index (χ4v) is 1.92. The van der Waals surface area contributed by atoms with E-state index in [9.17, 15) is 0 Å². The molecular weight excluding hydrogens is 214 g/mol. The standard InChI is InChI=1S/C13H15N3O/c1-13(9-14-10-13)17-12-5-3-11(4-6-12)16-8-2-7-15-16/h2-8,14H,9-10H2,1H3. The lowest BCUT2D eigenvalue weighted by Crippen LogP contribution is -2.60. The molecule has 1 saturated heterocycles. The van der Waals surface area contributed by atoms with Crippen LogP contribution in [0.2, 0.25) is 0 Å². The fourth-order valence-electron chi connectivity index (χ4n) is 1.92. The van der Waals surface area contributed by atoms with E-state index in [0.717, 1.165) is 24.5 Å². The van der Waals surface area contributed by atoms with Crippen LogP contribution in [0.25, 0.3) is 5.69 Å². The van der Waals surface area contributed by atoms with E-state index in [0.29, 0.717) is 0 Å². The minimum Gasteiger partial charge on any atom is -0.485 e. The van der Waals surface area contributed by atoms with Crippen molar-refractivity contribution in [2.24, 2.45) is 0 Å². The van der Waals surface area contributed by atoms with Gasteiger partial charge in [0, 0.05) is 25.5 Å². The molecule has 0 saturated carbocycles. The third kappa shape index (κ3) is 2.03. The zero-order valence-corrected chi connectivity index (χ0v) is 9.76. The molecule has 1 N–H and O–H groups in total. The highest BCUT2D eigenvalue weighted by Gasteiger charge is 2.33. The van der Waals surface area contributed by atoms with Crippen LogP contribution in [0.5, 0.6) is 5.75 Å². The van der Waals surface area contributed by atoms with Crippen LogP contribution in [0.4, 0.5) is 0 Å². The second kappa shape index (κ2) is 3.89. The van der Waals surface area contributed by atoms with Crippen molar-refractivity contribution in [2.45, 2.75) is 12.5 Å². The van der Waals surface area contributed by atoms with E-state index in [-0.39, 0.29) is 5.60 Å². The Labute approximate surface area is 100 Å². The van der Waals surface area contributed by atoms with E-state index in [2.05, 4.69) is 17.3 Å². The van der Waals surface area contributed by atoms with Crippen LogP contribution in [0.3, 0.4) is 0 Å². The smallest absolute Gasteiger partial charge is 0.131 e. The zero-order chi connectivity index (χ0) is 11.7. The maximum Gasteiger partial charge on any atom is 0.131 e. The molecule has 1 aliphatic rings. The Morgan fingerprint density at radius 2 is 2.06 bits per heavy atom. The number of nitrogens with zero attached hydrogens (tertiary/aromatic N) is 2. The van der Waals surface area contributed by atoms with Crippen molar-refractivity contribution in [3.63, 3.8) is 0 Å². The molecule has 0 aliphatic carbocycles. The monoisotopic (exact) mass is 229 g/mol. The maximum absolute atomic E-state index is 5.92. The first kappa shape index (κ1) is 10.4. The van der Waals surface area contributed by atoms with Gasteiger partial charge in [-0.05, 0) is 37.3 Å². The molecule has 4 nitrogen and oxygen atoms in total. The molecule has 0 bridgehead atoms. The van der Waals surface area contributed by atoms with Crippen molar-refractivity contribution < 1.29 is 4.74 Å². The van der Waals surface area contributed by atoms with Crippen molar-refractivity contribution in [1.82, 2.24) is 15.1 Å². The lowest BCUT2D eigenvalue weighted by atomic mass is 10.00. The van der Waals surface area contributed by atoms with Gasteiger partial charge < -0.3 is 10.1 Å². The Kier molecular flexibility index (Phi) is 2.37. The highest BCUT2D eigenvalue weighted by molar-refractivity contribution is 5.37. The summed E-state index contributed by atoms with van der Waals surface area (Å²) in [4.78, 5) is 0. The molecule has 1 aliphatic heterocycles. The predicted molar refractivity (Wildman–Crippen MR) is 65.5 cm³/mol. The van der Waals surface area contributed by atoms with Crippen LogP contribution in [0.15, 0.2) is 42.7 Å². The molecule has 2 aromatic rings. The molecular formula is C13H15N3O. The van der Waals surface area contributed by atoms with E-state index in [1.807, 2.05) is 41.2 Å². The summed E-state index contributed by atoms with van der Waals surface area (Å²) in [6, 6.07) is 9.90. The Balaban J connectivity index is 1.76. The summed E-state index contributed by atoms with van der Waals surface area (Å²) in [6.45, 7) is 3.94. The molecule has 1 fully saturated rings. The number of hydrogen-bond acceptors (Lipinski definition) is 3. The summed E-state index contributed by atoms with van der Waals surface area (Å²) >= 11 is 0. The summed E-state index contributed by atoms with van der Waals surface area (Å²) in [7, 11) is 0. The molecule has 0 amide bonds. The van der Waals surface area contributed by atoms with Gasteiger partial charge in [0.1, 0.15) is 11.4 Å². The number of hydrogen-bond donors (Lipinski definition) is 1. The van der Waals surface area contributed by atoms with Gasteiger partial charge in [-0.15, -0.1) is 0 Å². The van der Waals surface area contributed by atoms with Crippen LogP contribution in [-0.2, 0) is 0 Å². The van der Waals surface area contributed by atoms with Gasteiger partial charge in [-0.2, -0.15) is 5.10 Å². The Bertz CT molecular complexity index is 486. The van der Waals surface area contributed by atoms with Crippen molar-refractivity contribution in [1.29, 1.82) is 0 Å². The first-order valence-electron chi connectivity index (χ1n) is 5.75. The third-order valence-corrected chi connectivity index (χ3v) is 2.97. The average molecular weight is 229 g/mol.